The van der Waals surface area contributed by atoms with Crippen molar-refractivity contribution in [3.8, 4) is 0 Å². The van der Waals surface area contributed by atoms with E-state index in [0.29, 0.717) is 10.8 Å². The highest BCUT2D eigenvalue weighted by Gasteiger charge is 2.07. The van der Waals surface area contributed by atoms with Crippen LogP contribution in [0, 0.1) is 0 Å². The highest BCUT2D eigenvalue weighted by atomic mass is 16.2. The zero-order valence-corrected chi connectivity index (χ0v) is 9.10. The van der Waals surface area contributed by atoms with E-state index in [-0.39, 0.29) is 10.8 Å². The van der Waals surface area contributed by atoms with Crippen LogP contribution in [0.25, 0.3) is 21.5 Å². The summed E-state index contributed by atoms with van der Waals surface area (Å²) >= 11 is 0. The van der Waals surface area contributed by atoms with Crippen molar-refractivity contribution in [3.05, 3.63) is 77.3 Å². The summed E-state index contributed by atoms with van der Waals surface area (Å²) < 4.78 is 0. The fourth-order valence-electron chi connectivity index (χ4n) is 2.05. The quantitative estimate of drug-likeness (QED) is 0.417. The Morgan fingerprint density at radius 2 is 0.944 bits per heavy atom. The maximum absolute atomic E-state index is 11.7. The van der Waals surface area contributed by atoms with E-state index in [0.717, 1.165) is 0 Å². The van der Waals surface area contributed by atoms with E-state index in [2.05, 4.69) is 0 Å². The van der Waals surface area contributed by atoms with Crippen molar-refractivity contribution in [2.24, 2.45) is 0 Å². The lowest BCUT2D eigenvalue weighted by Crippen LogP contribution is -2.24. The van der Waals surface area contributed by atoms with E-state index < -0.39 is 21.7 Å². The van der Waals surface area contributed by atoms with Crippen LogP contribution in [0.1, 0.15) is 0 Å². The summed E-state index contributed by atoms with van der Waals surface area (Å²) in [5.74, 6) is 0. The molecule has 0 saturated carbocycles. The Morgan fingerprint density at radius 1 is 0.556 bits per heavy atom. The summed E-state index contributed by atoms with van der Waals surface area (Å²) in [5, 5.41) is 1.53. The third kappa shape index (κ3) is 1.32. The molecule has 3 aromatic carbocycles. The van der Waals surface area contributed by atoms with Crippen LogP contribution in [0.2, 0.25) is 0 Å². The Labute approximate surface area is 99.4 Å². The first kappa shape index (κ1) is 10.5. The number of rotatable bonds is 0. The van der Waals surface area contributed by atoms with E-state index in [1.807, 2.05) is 0 Å². The van der Waals surface area contributed by atoms with Gasteiger partial charge in [-0.2, -0.15) is 0 Å². The molecule has 0 saturated heterocycles. The van der Waals surface area contributed by atoms with Gasteiger partial charge in [0.25, 0.3) is 0 Å². The molecule has 4 nitrogen and oxygen atoms in total. The molecule has 0 aliphatic carbocycles. The Kier molecular flexibility index (Phi) is 2.01. The number of hydrogen-bond acceptors (Lipinski definition) is 4. The standard InChI is InChI=1S/C14H6O4/c15-11-3-1-7-5-10-8(6-9(7)13(11)17)2-4-12(16)14(10)18/h1-6H. The van der Waals surface area contributed by atoms with Crippen molar-refractivity contribution in [2.45, 2.75) is 0 Å². The molecule has 0 bridgehead atoms. The van der Waals surface area contributed by atoms with E-state index >= 15 is 0 Å². The second-order valence-corrected chi connectivity index (χ2v) is 4.08. The Bertz CT molecular complexity index is 909. The molecule has 0 amide bonds. The lowest BCUT2D eigenvalue weighted by molar-refractivity contribution is 1.52. The molecule has 0 unspecified atom stereocenters. The third-order valence-electron chi connectivity index (χ3n) is 2.99. The highest BCUT2D eigenvalue weighted by molar-refractivity contribution is 5.97. The SMILES string of the molecule is O=c1ccc2cc3c(=O)c(=O)ccc3cc2c1=O. The van der Waals surface area contributed by atoms with Crippen molar-refractivity contribution in [1.29, 1.82) is 0 Å². The Hall–Kier alpha value is -2.62. The molecule has 0 aliphatic heterocycles. The lowest BCUT2D eigenvalue weighted by atomic mass is 10.0. The molecule has 0 spiro atoms. The molecule has 0 fully saturated rings. The average molecular weight is 238 g/mol. The minimum absolute atomic E-state index is 0.271. The van der Waals surface area contributed by atoms with Crippen molar-refractivity contribution < 1.29 is 0 Å². The van der Waals surface area contributed by atoms with Gasteiger partial charge in [-0.25, -0.2) is 0 Å². The van der Waals surface area contributed by atoms with Gasteiger partial charge in [0.2, 0.25) is 21.7 Å². The fourth-order valence-corrected chi connectivity index (χ4v) is 2.05. The molecular weight excluding hydrogens is 232 g/mol. The van der Waals surface area contributed by atoms with E-state index in [4.69, 9.17) is 0 Å². The largest absolute Gasteiger partial charge is 0.286 e. The van der Waals surface area contributed by atoms with Crippen molar-refractivity contribution in [2.75, 3.05) is 0 Å². The second kappa shape index (κ2) is 3.43. The predicted octanol–water partition coefficient (Wildman–Crippen LogP) is 0.309. The molecule has 18 heavy (non-hydrogen) atoms. The minimum atomic E-state index is -0.590. The molecule has 0 radical (unpaired) electrons. The first-order valence-corrected chi connectivity index (χ1v) is 5.29. The molecule has 0 atom stereocenters. The monoisotopic (exact) mass is 238 g/mol. The summed E-state index contributed by atoms with van der Waals surface area (Å²) in [4.78, 5) is 45.9. The van der Waals surface area contributed by atoms with Crippen LogP contribution in [0.3, 0.4) is 0 Å². The van der Waals surface area contributed by atoms with Crippen LogP contribution in [0.5, 0.6) is 0 Å². The van der Waals surface area contributed by atoms with Gasteiger partial charge in [0.1, 0.15) is 0 Å². The Balaban J connectivity index is 2.68. The van der Waals surface area contributed by atoms with Crippen molar-refractivity contribution in [1.82, 2.24) is 0 Å². The van der Waals surface area contributed by atoms with Crippen LogP contribution >= 0.6 is 0 Å². The lowest BCUT2D eigenvalue weighted by Gasteiger charge is -1.99. The van der Waals surface area contributed by atoms with Crippen LogP contribution in [-0.4, -0.2) is 0 Å². The van der Waals surface area contributed by atoms with Gasteiger partial charge in [0.15, 0.2) is 0 Å². The first-order valence-electron chi connectivity index (χ1n) is 5.29. The summed E-state index contributed by atoms with van der Waals surface area (Å²) in [6.45, 7) is 0. The molecule has 0 aliphatic rings. The summed E-state index contributed by atoms with van der Waals surface area (Å²) in [6, 6.07) is 8.26. The average Bonchev–Trinajstić information content (AvgIpc) is 2.38. The summed E-state index contributed by atoms with van der Waals surface area (Å²) in [6.07, 6.45) is 0. The van der Waals surface area contributed by atoms with Crippen LogP contribution < -0.4 is 21.7 Å². The van der Waals surface area contributed by atoms with Crippen molar-refractivity contribution in [3.63, 3.8) is 0 Å². The van der Waals surface area contributed by atoms with E-state index in [9.17, 15) is 19.2 Å². The Morgan fingerprint density at radius 3 is 1.33 bits per heavy atom. The van der Waals surface area contributed by atoms with Gasteiger partial charge < -0.3 is 0 Å². The third-order valence-corrected chi connectivity index (χ3v) is 2.99. The maximum atomic E-state index is 11.7. The van der Waals surface area contributed by atoms with Gasteiger partial charge in [-0.05, 0) is 35.0 Å². The number of benzene rings is 3. The molecular formula is C14H6O4. The molecule has 0 N–H and O–H groups in total. The smallest absolute Gasteiger partial charge is 0.233 e. The van der Waals surface area contributed by atoms with Gasteiger partial charge in [-0.1, -0.05) is 12.1 Å². The normalized spacial score (nSPS) is 11.1. The first-order chi connectivity index (χ1) is 8.58. The predicted molar refractivity (Wildman–Crippen MR) is 68.9 cm³/mol. The van der Waals surface area contributed by atoms with E-state index in [1.165, 1.54) is 36.4 Å². The summed E-state index contributed by atoms with van der Waals surface area (Å²) in [5.41, 5.74) is -2.34. The number of hydrogen-bond donors (Lipinski definition) is 0. The zero-order valence-electron chi connectivity index (χ0n) is 9.10. The second-order valence-electron chi connectivity index (χ2n) is 4.08. The topological polar surface area (TPSA) is 68.3 Å². The van der Waals surface area contributed by atoms with Gasteiger partial charge in [-0.3, -0.25) is 19.2 Å². The minimum Gasteiger partial charge on any atom is -0.286 e. The molecule has 3 aromatic rings. The zero-order chi connectivity index (χ0) is 12.9. The summed E-state index contributed by atoms with van der Waals surface area (Å²) in [7, 11) is 0. The van der Waals surface area contributed by atoms with Crippen LogP contribution in [0.4, 0.5) is 0 Å². The van der Waals surface area contributed by atoms with Gasteiger partial charge >= 0.3 is 0 Å². The van der Waals surface area contributed by atoms with Gasteiger partial charge in [0.05, 0.1) is 0 Å². The highest BCUT2D eigenvalue weighted by Crippen LogP contribution is 2.16. The molecule has 0 heterocycles. The molecule has 86 valence electrons. The molecule has 0 aromatic heterocycles. The fraction of sp³-hybridized carbons (Fsp3) is 0. The van der Waals surface area contributed by atoms with Crippen molar-refractivity contribution >= 4 is 21.5 Å². The van der Waals surface area contributed by atoms with Crippen LogP contribution in [0.15, 0.2) is 55.6 Å². The van der Waals surface area contributed by atoms with Crippen LogP contribution in [-0.2, 0) is 0 Å². The van der Waals surface area contributed by atoms with Gasteiger partial charge in [-0.15, -0.1) is 0 Å². The number of fused-ring (bicyclic) bond motifs is 2. The van der Waals surface area contributed by atoms with Gasteiger partial charge in [0, 0.05) is 10.8 Å². The molecule has 4 heteroatoms. The molecule has 3 rings (SSSR count). The maximum Gasteiger partial charge on any atom is 0.233 e. The van der Waals surface area contributed by atoms with E-state index in [1.54, 1.807) is 0 Å².